The Morgan fingerprint density at radius 1 is 0.962 bits per heavy atom. The molecular formula is C18H14F4N2O2. The van der Waals surface area contributed by atoms with Crippen LogP contribution in [0.3, 0.4) is 0 Å². The van der Waals surface area contributed by atoms with Crippen LogP contribution >= 0.6 is 0 Å². The van der Waals surface area contributed by atoms with Gasteiger partial charge in [-0.05, 0) is 41.5 Å². The number of anilines is 1. The van der Waals surface area contributed by atoms with Crippen molar-refractivity contribution in [2.24, 2.45) is 0 Å². The van der Waals surface area contributed by atoms with E-state index in [2.05, 4.69) is 5.32 Å². The summed E-state index contributed by atoms with van der Waals surface area (Å²) in [7, 11) is 0. The number of carbonyl (C=O) groups excluding carboxylic acids is 2. The minimum atomic E-state index is -4.95. The Morgan fingerprint density at radius 3 is 2.15 bits per heavy atom. The molecule has 0 saturated carbocycles. The van der Waals surface area contributed by atoms with Crippen molar-refractivity contribution in [1.29, 1.82) is 0 Å². The van der Waals surface area contributed by atoms with Gasteiger partial charge in [0, 0.05) is 18.3 Å². The summed E-state index contributed by atoms with van der Waals surface area (Å²) in [5.74, 6) is -2.81. The normalized spacial score (nSPS) is 11.4. The third kappa shape index (κ3) is 6.04. The lowest BCUT2D eigenvalue weighted by Gasteiger charge is -2.08. The summed E-state index contributed by atoms with van der Waals surface area (Å²) >= 11 is 0. The van der Waals surface area contributed by atoms with Crippen LogP contribution in [-0.2, 0) is 16.1 Å². The first-order chi connectivity index (χ1) is 12.2. The monoisotopic (exact) mass is 366 g/mol. The van der Waals surface area contributed by atoms with Crippen molar-refractivity contribution >= 4 is 23.6 Å². The number of alkyl halides is 3. The van der Waals surface area contributed by atoms with Gasteiger partial charge in [0.05, 0.1) is 0 Å². The average Bonchev–Trinajstić information content (AvgIpc) is 2.60. The number of hydrogen-bond acceptors (Lipinski definition) is 2. The first-order valence-electron chi connectivity index (χ1n) is 7.42. The van der Waals surface area contributed by atoms with Gasteiger partial charge in [0.25, 0.3) is 0 Å². The Morgan fingerprint density at radius 2 is 1.58 bits per heavy atom. The predicted molar refractivity (Wildman–Crippen MR) is 88.4 cm³/mol. The van der Waals surface area contributed by atoms with E-state index in [-0.39, 0.29) is 24.0 Å². The molecule has 0 saturated heterocycles. The fraction of sp³-hybridized carbons (Fsp3) is 0.111. The van der Waals surface area contributed by atoms with E-state index >= 15 is 0 Å². The summed E-state index contributed by atoms with van der Waals surface area (Å²) in [6, 6.07) is 11.2. The quantitative estimate of drug-likeness (QED) is 0.627. The van der Waals surface area contributed by atoms with Crippen LogP contribution in [0.1, 0.15) is 11.1 Å². The zero-order valence-corrected chi connectivity index (χ0v) is 13.3. The second-order valence-electron chi connectivity index (χ2n) is 5.25. The van der Waals surface area contributed by atoms with Crippen LogP contribution in [0.5, 0.6) is 0 Å². The van der Waals surface area contributed by atoms with Crippen LogP contribution < -0.4 is 10.6 Å². The highest BCUT2D eigenvalue weighted by molar-refractivity contribution is 5.95. The summed E-state index contributed by atoms with van der Waals surface area (Å²) in [4.78, 5) is 22.5. The number of rotatable bonds is 5. The number of hydrogen-bond donors (Lipinski definition) is 2. The Hall–Kier alpha value is -3.16. The largest absolute Gasteiger partial charge is 0.471 e. The molecule has 0 spiro atoms. The third-order valence-corrected chi connectivity index (χ3v) is 3.23. The number of nitrogens with one attached hydrogen (secondary N) is 2. The van der Waals surface area contributed by atoms with E-state index in [0.717, 1.165) is 0 Å². The minimum absolute atomic E-state index is 0.00129. The molecule has 0 aromatic heterocycles. The van der Waals surface area contributed by atoms with Gasteiger partial charge in [-0.3, -0.25) is 9.59 Å². The van der Waals surface area contributed by atoms with Crippen LogP contribution in [0, 0.1) is 5.82 Å². The summed E-state index contributed by atoms with van der Waals surface area (Å²) in [6.07, 6.45) is -2.15. The van der Waals surface area contributed by atoms with Crippen molar-refractivity contribution in [2.45, 2.75) is 12.7 Å². The molecule has 2 N–H and O–H groups in total. The van der Waals surface area contributed by atoms with E-state index in [9.17, 15) is 27.2 Å². The zero-order chi connectivity index (χ0) is 19.2. The van der Waals surface area contributed by atoms with Crippen molar-refractivity contribution < 1.29 is 27.2 Å². The molecule has 0 bridgehead atoms. The van der Waals surface area contributed by atoms with Crippen LogP contribution in [0.15, 0.2) is 54.6 Å². The van der Waals surface area contributed by atoms with Gasteiger partial charge in [0.15, 0.2) is 0 Å². The highest BCUT2D eigenvalue weighted by atomic mass is 19.4. The number of benzene rings is 2. The van der Waals surface area contributed by atoms with Gasteiger partial charge in [-0.1, -0.05) is 24.3 Å². The molecule has 2 rings (SSSR count). The van der Waals surface area contributed by atoms with Crippen LogP contribution in [-0.4, -0.2) is 18.0 Å². The summed E-state index contributed by atoms with van der Waals surface area (Å²) in [5, 5.41) is 4.33. The van der Waals surface area contributed by atoms with Crippen LogP contribution in [0.25, 0.3) is 6.08 Å². The molecule has 2 aromatic carbocycles. The summed E-state index contributed by atoms with van der Waals surface area (Å²) in [6.45, 7) is 0.153. The molecule has 0 aliphatic heterocycles. The highest BCUT2D eigenvalue weighted by Crippen LogP contribution is 2.18. The Bertz CT molecular complexity index is 797. The topological polar surface area (TPSA) is 58.2 Å². The van der Waals surface area contributed by atoms with Gasteiger partial charge in [0.1, 0.15) is 5.82 Å². The summed E-state index contributed by atoms with van der Waals surface area (Å²) < 4.78 is 49.2. The van der Waals surface area contributed by atoms with E-state index in [1.807, 2.05) is 0 Å². The van der Waals surface area contributed by atoms with E-state index in [0.29, 0.717) is 11.1 Å². The van der Waals surface area contributed by atoms with Crippen molar-refractivity contribution in [3.63, 3.8) is 0 Å². The second-order valence-corrected chi connectivity index (χ2v) is 5.25. The fourth-order valence-electron chi connectivity index (χ4n) is 1.90. The van der Waals surface area contributed by atoms with E-state index in [1.165, 1.54) is 60.7 Å². The zero-order valence-electron chi connectivity index (χ0n) is 13.3. The van der Waals surface area contributed by atoms with E-state index in [4.69, 9.17) is 0 Å². The van der Waals surface area contributed by atoms with Crippen molar-refractivity contribution in [3.8, 4) is 0 Å². The third-order valence-electron chi connectivity index (χ3n) is 3.23. The molecule has 0 atom stereocenters. The van der Waals surface area contributed by atoms with Crippen LogP contribution in [0.2, 0.25) is 0 Å². The first kappa shape index (κ1) is 19.2. The predicted octanol–water partition coefficient (Wildman–Crippen LogP) is 3.66. The molecular weight excluding hydrogens is 352 g/mol. The molecule has 0 unspecified atom stereocenters. The van der Waals surface area contributed by atoms with Gasteiger partial charge in [0.2, 0.25) is 5.91 Å². The molecule has 26 heavy (non-hydrogen) atoms. The maximum atomic E-state index is 12.8. The molecule has 2 amide bonds. The van der Waals surface area contributed by atoms with Gasteiger partial charge < -0.3 is 10.6 Å². The van der Waals surface area contributed by atoms with Crippen molar-refractivity contribution in [2.75, 3.05) is 5.32 Å². The SMILES string of the molecule is O=C(/C=C/c1ccc(F)cc1)NCc1ccc(NC(=O)C(F)(F)F)cc1. The molecule has 0 radical (unpaired) electrons. The Balaban J connectivity index is 1.84. The Labute approximate surface area is 146 Å². The molecule has 8 heteroatoms. The Kier molecular flexibility index (Phi) is 6.11. The van der Waals surface area contributed by atoms with Gasteiger partial charge in [-0.25, -0.2) is 4.39 Å². The number of halogens is 4. The molecule has 136 valence electrons. The lowest BCUT2D eigenvalue weighted by molar-refractivity contribution is -0.167. The van der Waals surface area contributed by atoms with Gasteiger partial charge in [-0.15, -0.1) is 0 Å². The molecule has 0 aliphatic carbocycles. The van der Waals surface area contributed by atoms with E-state index < -0.39 is 12.1 Å². The standard InChI is InChI=1S/C18H14F4N2O2/c19-14-6-1-12(2-7-14)5-10-16(25)23-11-13-3-8-15(9-4-13)24-17(26)18(20,21)22/h1-10H,11H2,(H,23,25)(H,24,26)/b10-5+. The molecule has 0 aliphatic rings. The first-order valence-corrected chi connectivity index (χ1v) is 7.42. The van der Waals surface area contributed by atoms with Crippen LogP contribution in [0.4, 0.5) is 23.2 Å². The van der Waals surface area contributed by atoms with Gasteiger partial charge in [-0.2, -0.15) is 13.2 Å². The fourth-order valence-corrected chi connectivity index (χ4v) is 1.90. The van der Waals surface area contributed by atoms with Gasteiger partial charge >= 0.3 is 12.1 Å². The number of carbonyl (C=O) groups is 2. The molecule has 0 fully saturated rings. The maximum Gasteiger partial charge on any atom is 0.471 e. The molecule has 4 nitrogen and oxygen atoms in total. The smallest absolute Gasteiger partial charge is 0.348 e. The summed E-state index contributed by atoms with van der Waals surface area (Å²) in [5.41, 5.74) is 1.29. The minimum Gasteiger partial charge on any atom is -0.348 e. The second kappa shape index (κ2) is 8.28. The highest BCUT2D eigenvalue weighted by Gasteiger charge is 2.38. The number of amides is 2. The van der Waals surface area contributed by atoms with Crippen molar-refractivity contribution in [1.82, 2.24) is 5.32 Å². The van der Waals surface area contributed by atoms with Crippen molar-refractivity contribution in [3.05, 3.63) is 71.6 Å². The lowest BCUT2D eigenvalue weighted by atomic mass is 10.2. The average molecular weight is 366 g/mol. The molecule has 2 aromatic rings. The lowest BCUT2D eigenvalue weighted by Crippen LogP contribution is -2.29. The molecule has 0 heterocycles. The maximum absolute atomic E-state index is 12.8. The van der Waals surface area contributed by atoms with E-state index in [1.54, 1.807) is 5.32 Å².